The Labute approximate surface area is 157 Å². The van der Waals surface area contributed by atoms with Gasteiger partial charge in [0.05, 0.1) is 17.9 Å². The lowest BCUT2D eigenvalue weighted by molar-refractivity contribution is -0.117. The molecule has 1 fully saturated rings. The van der Waals surface area contributed by atoms with E-state index in [0.717, 1.165) is 29.2 Å². The molecule has 0 heterocycles. The SMILES string of the molecule is O=C(NOCc1ccccc1)c1cc2ccccc2cc1NC(=O)C1CC1. The Morgan fingerprint density at radius 1 is 0.926 bits per heavy atom. The van der Waals surface area contributed by atoms with Crippen molar-refractivity contribution in [2.24, 2.45) is 5.92 Å². The molecule has 5 heteroatoms. The van der Waals surface area contributed by atoms with Crippen LogP contribution in [0.2, 0.25) is 0 Å². The molecule has 1 aliphatic carbocycles. The molecule has 0 saturated heterocycles. The van der Waals surface area contributed by atoms with Gasteiger partial charge in [-0.05, 0) is 41.3 Å². The van der Waals surface area contributed by atoms with Crippen LogP contribution in [-0.4, -0.2) is 11.8 Å². The number of amides is 2. The van der Waals surface area contributed by atoms with Gasteiger partial charge in [-0.15, -0.1) is 0 Å². The van der Waals surface area contributed by atoms with E-state index in [4.69, 9.17) is 4.84 Å². The Bertz CT molecular complexity index is 981. The molecule has 136 valence electrons. The van der Waals surface area contributed by atoms with Crippen LogP contribution in [0.5, 0.6) is 0 Å². The molecule has 0 atom stereocenters. The second-order valence-corrected chi connectivity index (χ2v) is 6.71. The van der Waals surface area contributed by atoms with Gasteiger partial charge >= 0.3 is 0 Å². The third kappa shape index (κ3) is 4.15. The van der Waals surface area contributed by atoms with Gasteiger partial charge in [0.2, 0.25) is 5.91 Å². The van der Waals surface area contributed by atoms with Gasteiger partial charge in [-0.2, -0.15) is 0 Å². The summed E-state index contributed by atoms with van der Waals surface area (Å²) in [7, 11) is 0. The predicted octanol–water partition coefficient (Wildman–Crippen LogP) is 4.05. The highest BCUT2D eigenvalue weighted by molar-refractivity contribution is 6.08. The lowest BCUT2D eigenvalue weighted by Gasteiger charge is -2.13. The number of hydroxylamine groups is 1. The molecule has 0 radical (unpaired) electrons. The molecule has 1 aliphatic rings. The van der Waals surface area contributed by atoms with E-state index in [1.807, 2.05) is 60.7 Å². The van der Waals surface area contributed by atoms with Crippen LogP contribution in [-0.2, 0) is 16.2 Å². The lowest BCUT2D eigenvalue weighted by atomic mass is 10.0. The fraction of sp³-hybridized carbons (Fsp3) is 0.182. The maximum absolute atomic E-state index is 12.7. The van der Waals surface area contributed by atoms with E-state index >= 15 is 0 Å². The summed E-state index contributed by atoms with van der Waals surface area (Å²) < 4.78 is 0. The van der Waals surface area contributed by atoms with Crippen LogP contribution in [0.15, 0.2) is 66.7 Å². The third-order valence-electron chi connectivity index (χ3n) is 4.58. The molecule has 4 rings (SSSR count). The standard InChI is InChI=1S/C22H20N2O3/c25-21(16-10-11-16)23-20-13-18-9-5-4-8-17(18)12-19(20)22(26)24-27-14-15-6-2-1-3-7-15/h1-9,12-13,16H,10-11,14H2,(H,23,25)(H,24,26). The van der Waals surface area contributed by atoms with Crippen LogP contribution in [0.25, 0.3) is 10.8 Å². The molecule has 3 aromatic rings. The minimum atomic E-state index is -0.386. The molecule has 0 aliphatic heterocycles. The first-order valence-electron chi connectivity index (χ1n) is 9.00. The van der Waals surface area contributed by atoms with Crippen LogP contribution < -0.4 is 10.8 Å². The largest absolute Gasteiger partial charge is 0.325 e. The number of hydrogen-bond acceptors (Lipinski definition) is 3. The van der Waals surface area contributed by atoms with Crippen LogP contribution in [0, 0.1) is 5.92 Å². The molecular weight excluding hydrogens is 340 g/mol. The summed E-state index contributed by atoms with van der Waals surface area (Å²) in [5.74, 6) is -0.367. The molecule has 2 amide bonds. The van der Waals surface area contributed by atoms with E-state index < -0.39 is 0 Å². The monoisotopic (exact) mass is 360 g/mol. The van der Waals surface area contributed by atoms with Gasteiger partial charge in [-0.1, -0.05) is 54.6 Å². The number of hydrogen-bond donors (Lipinski definition) is 2. The highest BCUT2D eigenvalue weighted by atomic mass is 16.6. The lowest BCUT2D eigenvalue weighted by Crippen LogP contribution is -2.25. The molecule has 2 N–H and O–H groups in total. The zero-order valence-electron chi connectivity index (χ0n) is 14.8. The normalized spacial score (nSPS) is 13.3. The highest BCUT2D eigenvalue weighted by Crippen LogP contribution is 2.32. The Kier molecular flexibility index (Phi) is 4.85. The number of carbonyl (C=O) groups excluding carboxylic acids is 2. The summed E-state index contributed by atoms with van der Waals surface area (Å²) >= 11 is 0. The zero-order valence-corrected chi connectivity index (χ0v) is 14.8. The van der Waals surface area contributed by atoms with E-state index in [-0.39, 0.29) is 24.3 Å². The van der Waals surface area contributed by atoms with E-state index in [2.05, 4.69) is 10.8 Å². The number of benzene rings is 3. The van der Waals surface area contributed by atoms with Crippen molar-refractivity contribution in [1.29, 1.82) is 0 Å². The van der Waals surface area contributed by atoms with E-state index in [9.17, 15) is 9.59 Å². The maximum Gasteiger partial charge on any atom is 0.276 e. The first kappa shape index (κ1) is 17.2. The average Bonchev–Trinajstić information content (AvgIpc) is 3.53. The van der Waals surface area contributed by atoms with Crippen molar-refractivity contribution in [2.75, 3.05) is 5.32 Å². The minimum absolute atomic E-state index is 0.0375. The number of nitrogens with one attached hydrogen (secondary N) is 2. The summed E-state index contributed by atoms with van der Waals surface area (Å²) in [6.07, 6.45) is 1.81. The Morgan fingerprint density at radius 2 is 1.59 bits per heavy atom. The summed E-state index contributed by atoms with van der Waals surface area (Å²) in [4.78, 5) is 30.2. The molecule has 27 heavy (non-hydrogen) atoms. The number of fused-ring (bicyclic) bond motifs is 1. The Hall–Kier alpha value is -3.18. The Morgan fingerprint density at radius 3 is 2.30 bits per heavy atom. The van der Waals surface area contributed by atoms with Gasteiger partial charge in [0.15, 0.2) is 0 Å². The molecule has 0 aromatic heterocycles. The Balaban J connectivity index is 1.54. The van der Waals surface area contributed by atoms with Crippen molar-refractivity contribution >= 4 is 28.3 Å². The topological polar surface area (TPSA) is 67.4 Å². The second kappa shape index (κ2) is 7.60. The molecule has 3 aromatic carbocycles. The van der Waals surface area contributed by atoms with Gasteiger partial charge in [-0.3, -0.25) is 14.4 Å². The predicted molar refractivity (Wildman–Crippen MR) is 104 cm³/mol. The fourth-order valence-corrected chi connectivity index (χ4v) is 2.93. The molecular formula is C22H20N2O3. The third-order valence-corrected chi connectivity index (χ3v) is 4.58. The summed E-state index contributed by atoms with van der Waals surface area (Å²) in [5, 5.41) is 4.79. The smallest absolute Gasteiger partial charge is 0.276 e. The zero-order chi connectivity index (χ0) is 18.6. The van der Waals surface area contributed by atoms with Gasteiger partial charge in [0, 0.05) is 5.92 Å². The minimum Gasteiger partial charge on any atom is -0.325 e. The summed E-state index contributed by atoms with van der Waals surface area (Å²) in [6, 6.07) is 20.9. The van der Waals surface area contributed by atoms with Gasteiger partial charge in [0.1, 0.15) is 0 Å². The van der Waals surface area contributed by atoms with Crippen LogP contribution in [0.1, 0.15) is 28.8 Å². The molecule has 0 bridgehead atoms. The summed E-state index contributed by atoms with van der Waals surface area (Å²) in [5.41, 5.74) is 4.33. The van der Waals surface area contributed by atoms with E-state index in [1.165, 1.54) is 0 Å². The molecule has 1 saturated carbocycles. The summed E-state index contributed by atoms with van der Waals surface area (Å²) in [6.45, 7) is 0.268. The fourth-order valence-electron chi connectivity index (χ4n) is 2.93. The quantitative estimate of drug-likeness (QED) is 0.652. The van der Waals surface area contributed by atoms with E-state index in [1.54, 1.807) is 6.07 Å². The highest BCUT2D eigenvalue weighted by Gasteiger charge is 2.30. The van der Waals surface area contributed by atoms with Gasteiger partial charge in [0.25, 0.3) is 5.91 Å². The van der Waals surface area contributed by atoms with Crippen LogP contribution >= 0.6 is 0 Å². The second-order valence-electron chi connectivity index (χ2n) is 6.71. The van der Waals surface area contributed by atoms with Crippen LogP contribution in [0.4, 0.5) is 5.69 Å². The van der Waals surface area contributed by atoms with Crippen LogP contribution in [0.3, 0.4) is 0 Å². The van der Waals surface area contributed by atoms with Crippen molar-refractivity contribution in [3.05, 3.63) is 77.9 Å². The van der Waals surface area contributed by atoms with Crippen molar-refractivity contribution in [2.45, 2.75) is 19.4 Å². The first-order chi connectivity index (χ1) is 13.2. The molecule has 0 unspecified atom stereocenters. The maximum atomic E-state index is 12.7. The number of rotatable bonds is 6. The molecule has 5 nitrogen and oxygen atoms in total. The van der Waals surface area contributed by atoms with E-state index in [0.29, 0.717) is 11.3 Å². The first-order valence-corrected chi connectivity index (χ1v) is 9.00. The molecule has 0 spiro atoms. The number of anilines is 1. The van der Waals surface area contributed by atoms with Crippen molar-refractivity contribution in [1.82, 2.24) is 5.48 Å². The van der Waals surface area contributed by atoms with Gasteiger partial charge in [-0.25, -0.2) is 5.48 Å². The average molecular weight is 360 g/mol. The van der Waals surface area contributed by atoms with Crippen molar-refractivity contribution in [3.63, 3.8) is 0 Å². The van der Waals surface area contributed by atoms with Crippen molar-refractivity contribution in [3.8, 4) is 0 Å². The van der Waals surface area contributed by atoms with Gasteiger partial charge < -0.3 is 5.32 Å². The number of carbonyl (C=O) groups is 2. The van der Waals surface area contributed by atoms with Crippen molar-refractivity contribution < 1.29 is 14.4 Å².